The maximum atomic E-state index is 13.4. The lowest BCUT2D eigenvalue weighted by Gasteiger charge is -2.15. The molecule has 1 aliphatic heterocycles. The Labute approximate surface area is 100 Å². The molecule has 1 heterocycles. The molecule has 86 valence electrons. The molecule has 1 saturated heterocycles. The van der Waals surface area contributed by atoms with Crippen molar-refractivity contribution in [3.63, 3.8) is 0 Å². The Morgan fingerprint density at radius 1 is 1.44 bits per heavy atom. The van der Waals surface area contributed by atoms with E-state index in [1.54, 1.807) is 4.90 Å². The summed E-state index contributed by atoms with van der Waals surface area (Å²) in [4.78, 5) is 13.7. The van der Waals surface area contributed by atoms with Crippen molar-refractivity contribution < 1.29 is 13.6 Å². The van der Waals surface area contributed by atoms with Crippen LogP contribution >= 0.6 is 15.9 Å². The number of halogens is 3. The number of carbonyl (C=O) groups excluding carboxylic acids is 1. The lowest BCUT2D eigenvalue weighted by atomic mass is 10.2. The second-order valence-electron chi connectivity index (χ2n) is 3.76. The molecular weight excluding hydrogens is 280 g/mol. The molecule has 0 radical (unpaired) electrons. The van der Waals surface area contributed by atoms with Gasteiger partial charge in [0.05, 0.1) is 5.56 Å². The molecule has 1 aromatic rings. The molecule has 1 amide bonds. The Balaban J connectivity index is 2.21. The molecule has 0 N–H and O–H groups in total. The van der Waals surface area contributed by atoms with Gasteiger partial charge in [-0.3, -0.25) is 4.79 Å². The minimum Gasteiger partial charge on any atom is -0.337 e. The van der Waals surface area contributed by atoms with Crippen LogP contribution in [0.2, 0.25) is 0 Å². The van der Waals surface area contributed by atoms with E-state index in [0.29, 0.717) is 13.1 Å². The van der Waals surface area contributed by atoms with Crippen molar-refractivity contribution in [3.05, 3.63) is 35.4 Å². The summed E-state index contributed by atoms with van der Waals surface area (Å²) in [5, 5.41) is 0. The van der Waals surface area contributed by atoms with Crippen molar-refractivity contribution in [1.29, 1.82) is 0 Å². The minimum absolute atomic E-state index is 0.0667. The number of carbonyl (C=O) groups is 1. The monoisotopic (exact) mass is 289 g/mol. The van der Waals surface area contributed by atoms with Crippen LogP contribution in [0.15, 0.2) is 18.2 Å². The van der Waals surface area contributed by atoms with Crippen molar-refractivity contribution in [3.8, 4) is 0 Å². The summed E-state index contributed by atoms with van der Waals surface area (Å²) in [6.45, 7) is 1.17. The van der Waals surface area contributed by atoms with Gasteiger partial charge in [-0.2, -0.15) is 0 Å². The summed E-state index contributed by atoms with van der Waals surface area (Å²) < 4.78 is 26.0. The first kappa shape index (κ1) is 11.5. The van der Waals surface area contributed by atoms with Crippen LogP contribution in [-0.4, -0.2) is 28.7 Å². The number of likely N-dealkylation sites (tertiary alicyclic amines) is 1. The summed E-state index contributed by atoms with van der Waals surface area (Å²) in [5.41, 5.74) is -0.0667. The first-order valence-corrected chi connectivity index (χ1v) is 5.88. The third-order valence-corrected chi connectivity index (χ3v) is 3.33. The molecule has 0 aliphatic carbocycles. The maximum Gasteiger partial charge on any atom is 0.256 e. The van der Waals surface area contributed by atoms with E-state index in [-0.39, 0.29) is 16.3 Å². The van der Waals surface area contributed by atoms with Gasteiger partial charge in [-0.05, 0) is 18.6 Å². The highest BCUT2D eigenvalue weighted by Crippen LogP contribution is 2.20. The summed E-state index contributed by atoms with van der Waals surface area (Å²) in [7, 11) is 0. The predicted octanol–water partition coefficient (Wildman–Crippen LogP) is 2.57. The van der Waals surface area contributed by atoms with E-state index in [1.807, 2.05) is 0 Å². The largest absolute Gasteiger partial charge is 0.337 e. The fraction of sp³-hybridized carbons (Fsp3) is 0.364. The van der Waals surface area contributed by atoms with E-state index in [2.05, 4.69) is 15.9 Å². The Hall–Kier alpha value is -0.970. The molecule has 2 nitrogen and oxygen atoms in total. The van der Waals surface area contributed by atoms with Crippen LogP contribution in [0.25, 0.3) is 0 Å². The lowest BCUT2D eigenvalue weighted by Crippen LogP contribution is -2.29. The van der Waals surface area contributed by atoms with Crippen molar-refractivity contribution in [2.75, 3.05) is 13.1 Å². The molecule has 1 fully saturated rings. The van der Waals surface area contributed by atoms with Crippen molar-refractivity contribution in [2.24, 2.45) is 0 Å². The van der Waals surface area contributed by atoms with Gasteiger partial charge in [0.1, 0.15) is 11.6 Å². The van der Waals surface area contributed by atoms with E-state index in [9.17, 15) is 13.6 Å². The summed E-state index contributed by atoms with van der Waals surface area (Å²) in [6.07, 6.45) is 0.856. The normalized spacial score (nSPS) is 20.2. The highest BCUT2D eigenvalue weighted by molar-refractivity contribution is 9.09. The van der Waals surface area contributed by atoms with Crippen LogP contribution in [0.1, 0.15) is 16.8 Å². The van der Waals surface area contributed by atoms with Gasteiger partial charge < -0.3 is 4.90 Å². The van der Waals surface area contributed by atoms with E-state index >= 15 is 0 Å². The molecule has 2 rings (SSSR count). The van der Waals surface area contributed by atoms with Gasteiger partial charge in [0.15, 0.2) is 0 Å². The average molecular weight is 290 g/mol. The Morgan fingerprint density at radius 2 is 2.19 bits per heavy atom. The van der Waals surface area contributed by atoms with Crippen LogP contribution in [0.4, 0.5) is 8.78 Å². The van der Waals surface area contributed by atoms with Gasteiger partial charge in [-0.25, -0.2) is 8.78 Å². The smallest absolute Gasteiger partial charge is 0.256 e. The number of rotatable bonds is 1. The second-order valence-corrected chi connectivity index (χ2v) is 5.06. The molecule has 5 heteroatoms. The number of hydrogen-bond donors (Lipinski definition) is 0. The van der Waals surface area contributed by atoms with E-state index < -0.39 is 11.6 Å². The van der Waals surface area contributed by atoms with Crippen LogP contribution in [0.5, 0.6) is 0 Å². The quantitative estimate of drug-likeness (QED) is 0.728. The molecule has 0 spiro atoms. The van der Waals surface area contributed by atoms with Crippen molar-refractivity contribution in [2.45, 2.75) is 11.2 Å². The molecule has 1 aromatic carbocycles. The van der Waals surface area contributed by atoms with Crippen LogP contribution < -0.4 is 0 Å². The van der Waals surface area contributed by atoms with Crippen molar-refractivity contribution in [1.82, 2.24) is 4.90 Å². The van der Waals surface area contributed by atoms with Crippen LogP contribution in [0.3, 0.4) is 0 Å². The first-order chi connectivity index (χ1) is 7.58. The zero-order valence-electron chi connectivity index (χ0n) is 8.42. The first-order valence-electron chi connectivity index (χ1n) is 4.96. The van der Waals surface area contributed by atoms with E-state index in [0.717, 1.165) is 18.6 Å². The summed E-state index contributed by atoms with van der Waals surface area (Å²) >= 11 is 3.40. The van der Waals surface area contributed by atoms with Crippen molar-refractivity contribution >= 4 is 21.8 Å². The van der Waals surface area contributed by atoms with Crippen LogP contribution in [-0.2, 0) is 0 Å². The second kappa shape index (κ2) is 4.49. The zero-order valence-corrected chi connectivity index (χ0v) is 10.0. The summed E-state index contributed by atoms with van der Waals surface area (Å²) in [6, 6.07) is 3.02. The predicted molar refractivity (Wildman–Crippen MR) is 59.6 cm³/mol. The Morgan fingerprint density at radius 3 is 2.75 bits per heavy atom. The third kappa shape index (κ3) is 2.24. The topological polar surface area (TPSA) is 20.3 Å². The Kier molecular flexibility index (Phi) is 3.23. The average Bonchev–Trinajstić information content (AvgIpc) is 2.64. The highest BCUT2D eigenvalue weighted by Gasteiger charge is 2.26. The number of amides is 1. The van der Waals surface area contributed by atoms with Gasteiger partial charge in [0.2, 0.25) is 0 Å². The Bertz CT molecular complexity index is 424. The summed E-state index contributed by atoms with van der Waals surface area (Å²) in [5.74, 6) is -1.85. The maximum absolute atomic E-state index is 13.4. The van der Waals surface area contributed by atoms with Gasteiger partial charge in [0.25, 0.3) is 5.91 Å². The van der Waals surface area contributed by atoms with E-state index in [4.69, 9.17) is 0 Å². The number of alkyl halides is 1. The molecule has 0 bridgehead atoms. The molecule has 1 atom stereocenters. The number of benzene rings is 1. The van der Waals surface area contributed by atoms with Crippen LogP contribution in [0, 0.1) is 11.6 Å². The SMILES string of the molecule is O=C(c1ccc(F)cc1F)N1CCC(Br)C1. The molecule has 1 aliphatic rings. The van der Waals surface area contributed by atoms with Gasteiger partial charge in [-0.15, -0.1) is 0 Å². The standard InChI is InChI=1S/C11H10BrF2NO/c12-7-3-4-15(6-7)11(16)9-2-1-8(13)5-10(9)14/h1-2,5,7H,3-4,6H2. The van der Waals surface area contributed by atoms with Gasteiger partial charge in [-0.1, -0.05) is 15.9 Å². The molecule has 0 aromatic heterocycles. The highest BCUT2D eigenvalue weighted by atomic mass is 79.9. The lowest BCUT2D eigenvalue weighted by molar-refractivity contribution is 0.0788. The fourth-order valence-electron chi connectivity index (χ4n) is 1.74. The van der Waals surface area contributed by atoms with Gasteiger partial charge in [0, 0.05) is 24.0 Å². The zero-order chi connectivity index (χ0) is 11.7. The molecule has 0 saturated carbocycles. The van der Waals surface area contributed by atoms with Gasteiger partial charge >= 0.3 is 0 Å². The fourth-order valence-corrected chi connectivity index (χ4v) is 2.29. The molecule has 1 unspecified atom stereocenters. The van der Waals surface area contributed by atoms with E-state index in [1.165, 1.54) is 6.07 Å². The number of nitrogens with zero attached hydrogens (tertiary/aromatic N) is 1. The molecular formula is C11H10BrF2NO. The minimum atomic E-state index is -0.803. The number of hydrogen-bond acceptors (Lipinski definition) is 1. The third-order valence-electron chi connectivity index (χ3n) is 2.58. The molecule has 16 heavy (non-hydrogen) atoms.